The van der Waals surface area contributed by atoms with Crippen molar-refractivity contribution in [1.29, 1.82) is 0 Å². The number of halogens is 2. The molecular formula is C22H24F2N4O3. The van der Waals surface area contributed by atoms with Gasteiger partial charge in [0.25, 0.3) is 5.56 Å². The average Bonchev–Trinajstić information content (AvgIpc) is 2.74. The van der Waals surface area contributed by atoms with Gasteiger partial charge in [0.1, 0.15) is 11.5 Å². The molecule has 7 nitrogen and oxygen atoms in total. The maximum atomic E-state index is 14.0. The highest BCUT2D eigenvalue weighted by Gasteiger charge is 2.18. The number of nitrogens with one attached hydrogen (secondary N) is 1. The summed E-state index contributed by atoms with van der Waals surface area (Å²) in [6.07, 6.45) is 6.33. The molecule has 0 saturated heterocycles. The topological polar surface area (TPSA) is 89.3 Å². The lowest BCUT2D eigenvalue weighted by Crippen LogP contribution is -2.28. The highest BCUT2D eigenvalue weighted by molar-refractivity contribution is 5.77. The smallest absolute Gasteiger partial charge is 0.295 e. The predicted molar refractivity (Wildman–Crippen MR) is 112 cm³/mol. The molecule has 31 heavy (non-hydrogen) atoms. The molecule has 1 aliphatic carbocycles. The molecule has 2 N–H and O–H groups in total. The van der Waals surface area contributed by atoms with E-state index >= 15 is 0 Å². The summed E-state index contributed by atoms with van der Waals surface area (Å²) in [6.45, 7) is 1.52. The number of aliphatic hydroxyl groups is 1. The van der Waals surface area contributed by atoms with Gasteiger partial charge in [0.2, 0.25) is 5.95 Å². The van der Waals surface area contributed by atoms with Gasteiger partial charge in [-0.3, -0.25) is 9.36 Å². The third-order valence-corrected chi connectivity index (χ3v) is 5.29. The third kappa shape index (κ3) is 4.82. The summed E-state index contributed by atoms with van der Waals surface area (Å²) in [5.41, 5.74) is -0.245. The Bertz CT molecular complexity index is 1140. The molecule has 4 rings (SSSR count). The van der Waals surface area contributed by atoms with E-state index in [2.05, 4.69) is 15.3 Å². The lowest BCUT2D eigenvalue weighted by Gasteiger charge is -2.23. The van der Waals surface area contributed by atoms with Gasteiger partial charge in [-0.15, -0.1) is 0 Å². The van der Waals surface area contributed by atoms with Gasteiger partial charge in [0.15, 0.2) is 17.3 Å². The molecule has 1 fully saturated rings. The van der Waals surface area contributed by atoms with Crippen molar-refractivity contribution in [2.45, 2.75) is 57.7 Å². The molecule has 2 heterocycles. The maximum Gasteiger partial charge on any atom is 0.295 e. The number of pyridine rings is 1. The minimum Gasteiger partial charge on any atom is -0.448 e. The normalized spacial score (nSPS) is 15.7. The fourth-order valence-corrected chi connectivity index (χ4v) is 3.81. The van der Waals surface area contributed by atoms with Crippen LogP contribution in [0.3, 0.4) is 0 Å². The Labute approximate surface area is 177 Å². The van der Waals surface area contributed by atoms with Gasteiger partial charge in [-0.25, -0.2) is 13.8 Å². The van der Waals surface area contributed by atoms with Gasteiger partial charge >= 0.3 is 0 Å². The van der Waals surface area contributed by atoms with Crippen LogP contribution in [0.2, 0.25) is 0 Å². The molecule has 164 valence electrons. The largest absolute Gasteiger partial charge is 0.448 e. The van der Waals surface area contributed by atoms with E-state index in [4.69, 9.17) is 4.74 Å². The van der Waals surface area contributed by atoms with Gasteiger partial charge in [-0.05, 0) is 38.0 Å². The van der Waals surface area contributed by atoms with Gasteiger partial charge in [-0.2, -0.15) is 4.98 Å². The summed E-state index contributed by atoms with van der Waals surface area (Å²) in [6, 6.07) is 4.54. The Kier molecular flexibility index (Phi) is 6.13. The predicted octanol–water partition coefficient (Wildman–Crippen LogP) is 3.99. The van der Waals surface area contributed by atoms with E-state index < -0.39 is 23.3 Å². The summed E-state index contributed by atoms with van der Waals surface area (Å²) in [7, 11) is 0. The van der Waals surface area contributed by atoms with E-state index in [0.717, 1.165) is 37.8 Å². The standard InChI is InChI=1S/C22H24F2N4O3/c1-13(29)12-28-20-14(11-25-22(27-20)26-16-5-3-2-4-6-16)9-19(21(28)30)31-18-8-7-15(23)10-17(18)24/h7-11,13,16,29H,2-6,12H2,1H3,(H,25,26,27)/t13-/m0/s1. The number of aliphatic hydroxyl groups excluding tert-OH is 1. The number of benzene rings is 1. The zero-order valence-corrected chi connectivity index (χ0v) is 17.1. The SMILES string of the molecule is C[C@H](O)Cn1c(=O)c(Oc2ccc(F)cc2F)cc2cnc(NC3CCCCC3)nc21. The lowest BCUT2D eigenvalue weighted by molar-refractivity contribution is 0.173. The lowest BCUT2D eigenvalue weighted by atomic mass is 9.96. The van der Waals surface area contributed by atoms with Crippen molar-refractivity contribution in [2.75, 3.05) is 5.32 Å². The first-order valence-corrected chi connectivity index (χ1v) is 10.4. The minimum atomic E-state index is -0.926. The zero-order chi connectivity index (χ0) is 22.0. The molecule has 0 bridgehead atoms. The first-order chi connectivity index (χ1) is 14.9. The van der Waals surface area contributed by atoms with Crippen LogP contribution < -0.4 is 15.6 Å². The number of anilines is 1. The highest BCUT2D eigenvalue weighted by Crippen LogP contribution is 2.26. The van der Waals surface area contributed by atoms with E-state index in [1.165, 1.54) is 17.1 Å². The number of fused-ring (bicyclic) bond motifs is 1. The van der Waals surface area contributed by atoms with Crippen LogP contribution in [0.25, 0.3) is 11.0 Å². The molecule has 2 aromatic heterocycles. The Morgan fingerprint density at radius 2 is 2.00 bits per heavy atom. The third-order valence-electron chi connectivity index (χ3n) is 5.29. The molecule has 1 saturated carbocycles. The number of rotatable bonds is 6. The zero-order valence-electron chi connectivity index (χ0n) is 17.1. The average molecular weight is 430 g/mol. The summed E-state index contributed by atoms with van der Waals surface area (Å²) in [5, 5.41) is 13.7. The van der Waals surface area contributed by atoms with Crippen LogP contribution in [-0.2, 0) is 6.54 Å². The Hall–Kier alpha value is -3.07. The Morgan fingerprint density at radius 1 is 1.23 bits per heavy atom. The van der Waals surface area contributed by atoms with Gasteiger partial charge in [0, 0.05) is 23.7 Å². The molecule has 0 aliphatic heterocycles. The van der Waals surface area contributed by atoms with Gasteiger partial charge in [-0.1, -0.05) is 19.3 Å². The number of ether oxygens (including phenoxy) is 1. The van der Waals surface area contributed by atoms with Gasteiger partial charge in [0.05, 0.1) is 12.6 Å². The summed E-state index contributed by atoms with van der Waals surface area (Å²) < 4.78 is 33.9. The summed E-state index contributed by atoms with van der Waals surface area (Å²) in [5.74, 6) is -1.71. The Morgan fingerprint density at radius 3 is 2.71 bits per heavy atom. The van der Waals surface area contributed by atoms with Crippen molar-refractivity contribution >= 4 is 17.0 Å². The van der Waals surface area contributed by atoms with Crippen molar-refractivity contribution in [3.8, 4) is 11.5 Å². The second-order valence-corrected chi connectivity index (χ2v) is 7.90. The van der Waals surface area contributed by atoms with Gasteiger partial charge < -0.3 is 15.2 Å². The van der Waals surface area contributed by atoms with E-state index in [1.807, 2.05) is 0 Å². The van der Waals surface area contributed by atoms with Crippen molar-refractivity contribution in [3.05, 3.63) is 52.5 Å². The molecule has 0 amide bonds. The monoisotopic (exact) mass is 430 g/mol. The molecule has 9 heteroatoms. The fourth-order valence-electron chi connectivity index (χ4n) is 3.81. The van der Waals surface area contributed by atoms with E-state index in [9.17, 15) is 18.7 Å². The molecule has 1 aromatic carbocycles. The number of aromatic nitrogens is 3. The molecule has 0 unspecified atom stereocenters. The first kappa shape index (κ1) is 21.2. The number of hydrogen-bond acceptors (Lipinski definition) is 6. The molecule has 0 radical (unpaired) electrons. The summed E-state index contributed by atoms with van der Waals surface area (Å²) >= 11 is 0. The van der Waals surface area contributed by atoms with Crippen molar-refractivity contribution < 1.29 is 18.6 Å². The first-order valence-electron chi connectivity index (χ1n) is 10.4. The van der Waals surface area contributed by atoms with Crippen LogP contribution in [-0.4, -0.2) is 31.8 Å². The second kappa shape index (κ2) is 8.97. The van der Waals surface area contributed by atoms with Crippen LogP contribution in [0.4, 0.5) is 14.7 Å². The molecule has 1 aliphatic rings. The second-order valence-electron chi connectivity index (χ2n) is 7.90. The van der Waals surface area contributed by atoms with E-state index in [-0.39, 0.29) is 24.1 Å². The molecular weight excluding hydrogens is 406 g/mol. The quantitative estimate of drug-likeness (QED) is 0.615. The maximum absolute atomic E-state index is 14.0. The van der Waals surface area contributed by atoms with Crippen molar-refractivity contribution in [2.24, 2.45) is 0 Å². The van der Waals surface area contributed by atoms with Crippen LogP contribution >= 0.6 is 0 Å². The van der Waals surface area contributed by atoms with Crippen molar-refractivity contribution in [3.63, 3.8) is 0 Å². The highest BCUT2D eigenvalue weighted by atomic mass is 19.1. The van der Waals surface area contributed by atoms with E-state index in [1.54, 1.807) is 13.1 Å². The fraction of sp³-hybridized carbons (Fsp3) is 0.409. The van der Waals surface area contributed by atoms with Crippen LogP contribution in [0.1, 0.15) is 39.0 Å². The van der Waals surface area contributed by atoms with Crippen LogP contribution in [0, 0.1) is 11.6 Å². The van der Waals surface area contributed by atoms with Crippen LogP contribution in [0.15, 0.2) is 35.3 Å². The van der Waals surface area contributed by atoms with Crippen molar-refractivity contribution in [1.82, 2.24) is 14.5 Å². The van der Waals surface area contributed by atoms with Crippen LogP contribution in [0.5, 0.6) is 11.5 Å². The molecule has 1 atom stereocenters. The van der Waals surface area contributed by atoms with E-state index in [0.29, 0.717) is 23.0 Å². The molecule has 0 spiro atoms. The number of nitrogens with zero attached hydrogens (tertiary/aromatic N) is 3. The Balaban J connectivity index is 1.73. The molecule has 3 aromatic rings. The minimum absolute atomic E-state index is 0.0294. The number of hydrogen-bond donors (Lipinski definition) is 2. The summed E-state index contributed by atoms with van der Waals surface area (Å²) in [4.78, 5) is 21.9.